The largest absolute Gasteiger partial charge is 0.389 e. The smallest absolute Gasteiger partial charge is 0.0968 e. The molecule has 3 unspecified atom stereocenters. The van der Waals surface area contributed by atoms with E-state index < -0.39 is 24.3 Å². The molecule has 118 valence electrons. The summed E-state index contributed by atoms with van der Waals surface area (Å²) in [5.41, 5.74) is 14.1. The van der Waals surface area contributed by atoms with Gasteiger partial charge in [0.15, 0.2) is 0 Å². The van der Waals surface area contributed by atoms with Crippen LogP contribution in [0.25, 0.3) is 0 Å². The Hall–Kier alpha value is -1.72. The molecule has 0 saturated heterocycles. The summed E-state index contributed by atoms with van der Waals surface area (Å²) in [6.45, 7) is 0. The Labute approximate surface area is 131 Å². The first-order valence-corrected chi connectivity index (χ1v) is 7.53. The average Bonchev–Trinajstić information content (AvgIpc) is 2.55. The van der Waals surface area contributed by atoms with Gasteiger partial charge < -0.3 is 21.7 Å². The molecule has 0 fully saturated rings. The molecule has 0 aromatic heterocycles. The zero-order valence-electron chi connectivity index (χ0n) is 12.5. The van der Waals surface area contributed by atoms with Gasteiger partial charge in [0.25, 0.3) is 0 Å². The van der Waals surface area contributed by atoms with Gasteiger partial charge in [-0.05, 0) is 24.0 Å². The van der Waals surface area contributed by atoms with E-state index in [4.69, 9.17) is 11.5 Å². The van der Waals surface area contributed by atoms with Crippen LogP contribution in [0.2, 0.25) is 0 Å². The van der Waals surface area contributed by atoms with E-state index >= 15 is 0 Å². The highest BCUT2D eigenvalue weighted by Crippen LogP contribution is 2.11. The van der Waals surface area contributed by atoms with Crippen LogP contribution in [-0.2, 0) is 12.8 Å². The van der Waals surface area contributed by atoms with Crippen molar-refractivity contribution in [3.05, 3.63) is 71.8 Å². The van der Waals surface area contributed by atoms with Crippen molar-refractivity contribution in [2.75, 3.05) is 0 Å². The van der Waals surface area contributed by atoms with Crippen LogP contribution in [0.5, 0.6) is 0 Å². The summed E-state index contributed by atoms with van der Waals surface area (Å²) in [5, 5.41) is 20.5. The first-order chi connectivity index (χ1) is 10.6. The summed E-state index contributed by atoms with van der Waals surface area (Å²) in [6.07, 6.45) is -1.12. The van der Waals surface area contributed by atoms with Gasteiger partial charge >= 0.3 is 0 Å². The Balaban J connectivity index is 1.91. The third kappa shape index (κ3) is 4.64. The van der Waals surface area contributed by atoms with E-state index in [2.05, 4.69) is 0 Å². The Kier molecular flexibility index (Phi) is 6.10. The van der Waals surface area contributed by atoms with E-state index in [9.17, 15) is 10.2 Å². The van der Waals surface area contributed by atoms with Crippen LogP contribution in [0.4, 0.5) is 0 Å². The third-order valence-corrected chi connectivity index (χ3v) is 3.86. The Morgan fingerprint density at radius 3 is 1.27 bits per heavy atom. The van der Waals surface area contributed by atoms with E-state index in [0.717, 1.165) is 11.1 Å². The molecule has 6 N–H and O–H groups in total. The number of rotatable bonds is 7. The van der Waals surface area contributed by atoms with Crippen molar-refractivity contribution in [3.8, 4) is 0 Å². The van der Waals surface area contributed by atoms with Gasteiger partial charge in [0.2, 0.25) is 0 Å². The zero-order valence-corrected chi connectivity index (χ0v) is 12.5. The minimum atomic E-state index is -1.06. The zero-order chi connectivity index (χ0) is 15.9. The molecule has 0 amide bonds. The number of nitrogens with two attached hydrogens (primary N) is 2. The van der Waals surface area contributed by atoms with E-state index in [0.29, 0.717) is 12.8 Å². The summed E-state index contributed by atoms with van der Waals surface area (Å²) in [4.78, 5) is 0. The maximum Gasteiger partial charge on any atom is 0.0968 e. The second-order valence-electron chi connectivity index (χ2n) is 5.69. The number of benzene rings is 2. The van der Waals surface area contributed by atoms with E-state index in [1.54, 1.807) is 0 Å². The van der Waals surface area contributed by atoms with Crippen molar-refractivity contribution in [3.63, 3.8) is 0 Å². The summed E-state index contributed by atoms with van der Waals surface area (Å²) < 4.78 is 0. The number of hydrogen-bond donors (Lipinski definition) is 4. The summed E-state index contributed by atoms with van der Waals surface area (Å²) >= 11 is 0. The summed E-state index contributed by atoms with van der Waals surface area (Å²) in [6, 6.07) is 18.2. The van der Waals surface area contributed by atoms with Gasteiger partial charge in [-0.15, -0.1) is 0 Å². The van der Waals surface area contributed by atoms with Gasteiger partial charge in [0, 0.05) is 12.1 Å². The van der Waals surface area contributed by atoms with Crippen LogP contribution in [0.1, 0.15) is 11.1 Å². The highest BCUT2D eigenvalue weighted by Gasteiger charge is 2.28. The second kappa shape index (κ2) is 8.06. The topological polar surface area (TPSA) is 92.5 Å². The number of aliphatic hydroxyl groups excluding tert-OH is 2. The molecule has 2 aromatic rings. The molecule has 0 saturated carbocycles. The average molecular weight is 300 g/mol. The molecule has 0 aliphatic heterocycles. The lowest BCUT2D eigenvalue weighted by atomic mass is 9.92. The number of aliphatic hydroxyl groups is 2. The molecule has 0 heterocycles. The summed E-state index contributed by atoms with van der Waals surface area (Å²) in [5.74, 6) is 0. The monoisotopic (exact) mass is 300 g/mol. The van der Waals surface area contributed by atoms with Crippen molar-refractivity contribution in [1.29, 1.82) is 0 Å². The maximum absolute atomic E-state index is 10.2. The molecule has 0 radical (unpaired) electrons. The summed E-state index contributed by atoms with van der Waals surface area (Å²) in [7, 11) is 0. The molecule has 0 aliphatic rings. The second-order valence-corrected chi connectivity index (χ2v) is 5.69. The first-order valence-electron chi connectivity index (χ1n) is 7.53. The lowest BCUT2D eigenvalue weighted by Crippen LogP contribution is -2.52. The number of hydrogen-bond acceptors (Lipinski definition) is 4. The lowest BCUT2D eigenvalue weighted by Gasteiger charge is -2.28. The lowest BCUT2D eigenvalue weighted by molar-refractivity contribution is -0.00975. The van der Waals surface area contributed by atoms with Crippen LogP contribution in [0.15, 0.2) is 60.7 Å². The van der Waals surface area contributed by atoms with Crippen molar-refractivity contribution >= 4 is 0 Å². The molecule has 2 aromatic carbocycles. The van der Waals surface area contributed by atoms with Gasteiger partial charge in [0.1, 0.15) is 0 Å². The molecule has 4 nitrogen and oxygen atoms in total. The van der Waals surface area contributed by atoms with Gasteiger partial charge in [-0.2, -0.15) is 0 Å². The standard InChI is InChI=1S/C18H24N2O2/c19-15(11-13-7-3-1-4-8-13)17(21)18(22)16(20)12-14-9-5-2-6-10-14/h1-10,15-18,21-22H,11-12,19-20H2/t15?,16?,17-,18?/m0/s1. The van der Waals surface area contributed by atoms with E-state index in [-0.39, 0.29) is 0 Å². The highest BCUT2D eigenvalue weighted by atomic mass is 16.3. The normalized spacial score (nSPS) is 16.7. The molecule has 22 heavy (non-hydrogen) atoms. The van der Waals surface area contributed by atoms with Crippen LogP contribution >= 0.6 is 0 Å². The van der Waals surface area contributed by atoms with Crippen LogP contribution in [0, 0.1) is 0 Å². The van der Waals surface area contributed by atoms with Gasteiger partial charge in [-0.1, -0.05) is 60.7 Å². The molecule has 0 spiro atoms. The van der Waals surface area contributed by atoms with Crippen LogP contribution in [0.3, 0.4) is 0 Å². The minimum absolute atomic E-state index is 0.497. The Bertz CT molecular complexity index is 496. The molecule has 4 heteroatoms. The predicted molar refractivity (Wildman–Crippen MR) is 88.3 cm³/mol. The first kappa shape index (κ1) is 16.6. The Morgan fingerprint density at radius 2 is 0.955 bits per heavy atom. The van der Waals surface area contributed by atoms with Crippen LogP contribution < -0.4 is 11.5 Å². The fourth-order valence-electron chi connectivity index (χ4n) is 2.52. The predicted octanol–water partition coefficient (Wildman–Crippen LogP) is 0.848. The van der Waals surface area contributed by atoms with Gasteiger partial charge in [-0.3, -0.25) is 0 Å². The van der Waals surface area contributed by atoms with Gasteiger partial charge in [-0.25, -0.2) is 0 Å². The van der Waals surface area contributed by atoms with E-state index in [1.165, 1.54) is 0 Å². The SMILES string of the molecule is NC(Cc1ccccc1)C(O)[C@@H](O)C(N)Cc1ccccc1. The van der Waals surface area contributed by atoms with Crippen molar-refractivity contribution in [1.82, 2.24) is 0 Å². The van der Waals surface area contributed by atoms with E-state index in [1.807, 2.05) is 60.7 Å². The van der Waals surface area contributed by atoms with Crippen molar-refractivity contribution in [2.24, 2.45) is 11.5 Å². The van der Waals surface area contributed by atoms with Crippen molar-refractivity contribution < 1.29 is 10.2 Å². The molecule has 2 rings (SSSR count). The molecule has 0 bridgehead atoms. The van der Waals surface area contributed by atoms with Crippen LogP contribution in [-0.4, -0.2) is 34.5 Å². The molecule has 4 atom stereocenters. The quantitative estimate of drug-likeness (QED) is 0.610. The van der Waals surface area contributed by atoms with Gasteiger partial charge in [0.05, 0.1) is 12.2 Å². The minimum Gasteiger partial charge on any atom is -0.389 e. The van der Waals surface area contributed by atoms with Crippen molar-refractivity contribution in [2.45, 2.75) is 37.1 Å². The third-order valence-electron chi connectivity index (χ3n) is 3.86. The molecular weight excluding hydrogens is 276 g/mol. The molecule has 0 aliphatic carbocycles. The fraction of sp³-hybridized carbons (Fsp3) is 0.333. The maximum atomic E-state index is 10.2. The highest BCUT2D eigenvalue weighted by molar-refractivity contribution is 5.18. The Morgan fingerprint density at radius 1 is 0.636 bits per heavy atom. The fourth-order valence-corrected chi connectivity index (χ4v) is 2.52. The molecular formula is C18H24N2O2.